The van der Waals surface area contributed by atoms with E-state index < -0.39 is 0 Å². The maximum Gasteiger partial charge on any atom is 0.262 e. The number of likely N-dealkylation sites (N-methyl/N-ethyl adjacent to an activating group) is 1. The van der Waals surface area contributed by atoms with Gasteiger partial charge in [0, 0.05) is 24.9 Å². The van der Waals surface area contributed by atoms with Gasteiger partial charge in [-0.2, -0.15) is 5.10 Å². The molecule has 7 nitrogen and oxygen atoms in total. The monoisotopic (exact) mass is 449 g/mol. The minimum atomic E-state index is -0.250. The van der Waals surface area contributed by atoms with E-state index in [0.717, 1.165) is 54.0 Å². The highest BCUT2D eigenvalue weighted by Gasteiger charge is 2.35. The molecule has 4 rings (SSSR count). The van der Waals surface area contributed by atoms with Crippen LogP contribution in [0.4, 0.5) is 0 Å². The van der Waals surface area contributed by atoms with E-state index in [0.29, 0.717) is 6.42 Å². The van der Waals surface area contributed by atoms with Crippen molar-refractivity contribution in [1.29, 1.82) is 0 Å². The zero-order valence-corrected chi connectivity index (χ0v) is 19.5. The van der Waals surface area contributed by atoms with Crippen molar-refractivity contribution in [1.82, 2.24) is 9.91 Å². The summed E-state index contributed by atoms with van der Waals surface area (Å²) in [5.74, 6) is 1.39. The number of hydrogen-bond donors (Lipinski definition) is 0. The number of hydrazone groups is 1. The molecule has 1 atom stereocenters. The van der Waals surface area contributed by atoms with Crippen molar-refractivity contribution >= 4 is 17.5 Å². The predicted molar refractivity (Wildman–Crippen MR) is 126 cm³/mol. The summed E-state index contributed by atoms with van der Waals surface area (Å²) in [6, 6.07) is 15.1. The second-order valence-electron chi connectivity index (χ2n) is 8.69. The smallest absolute Gasteiger partial charge is 0.262 e. The molecule has 174 valence electrons. The Morgan fingerprint density at radius 3 is 2.39 bits per heavy atom. The van der Waals surface area contributed by atoms with Gasteiger partial charge in [-0.1, -0.05) is 37.1 Å². The van der Waals surface area contributed by atoms with Crippen LogP contribution in [0.15, 0.2) is 53.6 Å². The van der Waals surface area contributed by atoms with Gasteiger partial charge in [-0.25, -0.2) is 5.01 Å². The Bertz CT molecular complexity index is 1030. The first-order valence-corrected chi connectivity index (χ1v) is 11.4. The van der Waals surface area contributed by atoms with Gasteiger partial charge >= 0.3 is 0 Å². The largest absolute Gasteiger partial charge is 0.497 e. The summed E-state index contributed by atoms with van der Waals surface area (Å²) in [6.45, 7) is 0.0108. The number of carbonyl (C=O) groups excluding carboxylic acids is 2. The Balaban J connectivity index is 1.58. The lowest BCUT2D eigenvalue weighted by atomic mass is 9.98. The van der Waals surface area contributed by atoms with Gasteiger partial charge in [-0.05, 0) is 42.7 Å². The molecule has 2 amide bonds. The number of nitrogens with zero attached hydrogens (tertiary/aromatic N) is 3. The van der Waals surface area contributed by atoms with E-state index in [1.165, 1.54) is 5.01 Å². The second-order valence-corrected chi connectivity index (χ2v) is 8.69. The van der Waals surface area contributed by atoms with Crippen LogP contribution < -0.4 is 9.47 Å². The van der Waals surface area contributed by atoms with Crippen LogP contribution in [0.1, 0.15) is 49.3 Å². The number of amides is 2. The van der Waals surface area contributed by atoms with Gasteiger partial charge in [0.25, 0.3) is 5.91 Å². The van der Waals surface area contributed by atoms with Gasteiger partial charge in [0.15, 0.2) is 0 Å². The van der Waals surface area contributed by atoms with Crippen molar-refractivity contribution in [3.8, 4) is 11.5 Å². The average molecular weight is 450 g/mol. The summed E-state index contributed by atoms with van der Waals surface area (Å²) in [5.41, 5.74) is 2.70. The molecule has 2 aliphatic rings. The molecule has 0 saturated heterocycles. The molecule has 1 heterocycles. The SMILES string of the molecule is COc1ccc([C@H]2CC(c3cccc(OC)c3)=NN2C(=O)CN(C)C(=O)C2CCCC2)cc1. The Labute approximate surface area is 195 Å². The van der Waals surface area contributed by atoms with Gasteiger partial charge < -0.3 is 14.4 Å². The highest BCUT2D eigenvalue weighted by atomic mass is 16.5. The van der Waals surface area contributed by atoms with Crippen LogP contribution in [-0.2, 0) is 9.59 Å². The number of methoxy groups -OCH3 is 2. The number of rotatable bonds is 7. The zero-order valence-electron chi connectivity index (χ0n) is 19.5. The maximum atomic E-state index is 13.4. The molecule has 1 fully saturated rings. The molecule has 0 spiro atoms. The Morgan fingerprint density at radius 1 is 1.03 bits per heavy atom. The van der Waals surface area contributed by atoms with Gasteiger partial charge in [0.05, 0.1) is 26.0 Å². The lowest BCUT2D eigenvalue weighted by Gasteiger charge is -2.26. The summed E-state index contributed by atoms with van der Waals surface area (Å²) in [4.78, 5) is 27.7. The molecule has 0 bridgehead atoms. The predicted octanol–water partition coefficient (Wildman–Crippen LogP) is 4.03. The van der Waals surface area contributed by atoms with Crippen molar-refractivity contribution in [2.45, 2.75) is 38.1 Å². The van der Waals surface area contributed by atoms with Crippen LogP contribution in [-0.4, -0.2) is 55.2 Å². The van der Waals surface area contributed by atoms with Crippen molar-refractivity contribution < 1.29 is 19.1 Å². The van der Waals surface area contributed by atoms with Crippen LogP contribution in [0.3, 0.4) is 0 Å². The van der Waals surface area contributed by atoms with Gasteiger partial charge in [-0.3, -0.25) is 9.59 Å². The first kappa shape index (κ1) is 22.8. The fourth-order valence-electron chi connectivity index (χ4n) is 4.64. The summed E-state index contributed by atoms with van der Waals surface area (Å²) in [6.07, 6.45) is 4.56. The van der Waals surface area contributed by atoms with E-state index in [1.807, 2.05) is 48.5 Å². The molecule has 7 heteroatoms. The quantitative estimate of drug-likeness (QED) is 0.640. The number of benzene rings is 2. The molecule has 33 heavy (non-hydrogen) atoms. The van der Waals surface area contributed by atoms with E-state index in [1.54, 1.807) is 26.2 Å². The Hall–Kier alpha value is -3.35. The van der Waals surface area contributed by atoms with Crippen molar-refractivity contribution in [2.24, 2.45) is 11.0 Å². The number of ether oxygens (including phenoxy) is 2. The van der Waals surface area contributed by atoms with E-state index in [2.05, 4.69) is 0 Å². The van der Waals surface area contributed by atoms with Crippen molar-refractivity contribution in [2.75, 3.05) is 27.8 Å². The minimum absolute atomic E-state index is 0.0108. The summed E-state index contributed by atoms with van der Waals surface area (Å²) >= 11 is 0. The van der Waals surface area contributed by atoms with Crippen LogP contribution in [0.25, 0.3) is 0 Å². The summed E-state index contributed by atoms with van der Waals surface area (Å²) in [5, 5.41) is 6.26. The van der Waals surface area contributed by atoms with Crippen LogP contribution in [0.5, 0.6) is 11.5 Å². The molecule has 0 N–H and O–H groups in total. The Morgan fingerprint density at radius 2 is 1.73 bits per heavy atom. The molecule has 0 radical (unpaired) electrons. The van der Waals surface area contributed by atoms with E-state index in [4.69, 9.17) is 14.6 Å². The fraction of sp³-hybridized carbons (Fsp3) is 0.423. The van der Waals surface area contributed by atoms with E-state index in [9.17, 15) is 9.59 Å². The van der Waals surface area contributed by atoms with Gasteiger partial charge in [-0.15, -0.1) is 0 Å². The number of carbonyl (C=O) groups is 2. The Kier molecular flexibility index (Phi) is 6.96. The van der Waals surface area contributed by atoms with Gasteiger partial charge in [0.1, 0.15) is 18.0 Å². The highest BCUT2D eigenvalue weighted by Crippen LogP contribution is 2.34. The fourth-order valence-corrected chi connectivity index (χ4v) is 4.64. The maximum absolute atomic E-state index is 13.4. The molecule has 0 aromatic heterocycles. The zero-order chi connectivity index (χ0) is 23.4. The van der Waals surface area contributed by atoms with E-state index in [-0.39, 0.29) is 30.3 Å². The third-order valence-corrected chi connectivity index (χ3v) is 6.52. The van der Waals surface area contributed by atoms with Crippen LogP contribution >= 0.6 is 0 Å². The topological polar surface area (TPSA) is 71.4 Å². The summed E-state index contributed by atoms with van der Waals surface area (Å²) in [7, 11) is 4.97. The average Bonchev–Trinajstić information content (AvgIpc) is 3.54. The molecule has 0 unspecified atom stereocenters. The molecule has 1 aliphatic carbocycles. The molecule has 2 aromatic rings. The third kappa shape index (κ3) is 5.02. The summed E-state index contributed by atoms with van der Waals surface area (Å²) < 4.78 is 10.6. The first-order chi connectivity index (χ1) is 16.0. The molecule has 2 aromatic carbocycles. The molecular weight excluding hydrogens is 418 g/mol. The molecular formula is C26H31N3O4. The van der Waals surface area contributed by atoms with Crippen molar-refractivity contribution in [3.05, 3.63) is 59.7 Å². The lowest BCUT2D eigenvalue weighted by molar-refractivity contribution is -0.142. The van der Waals surface area contributed by atoms with Gasteiger partial charge in [0.2, 0.25) is 5.91 Å². The van der Waals surface area contributed by atoms with E-state index >= 15 is 0 Å². The van der Waals surface area contributed by atoms with Crippen LogP contribution in [0, 0.1) is 5.92 Å². The first-order valence-electron chi connectivity index (χ1n) is 11.4. The molecule has 1 aliphatic heterocycles. The van der Waals surface area contributed by atoms with Crippen molar-refractivity contribution in [3.63, 3.8) is 0 Å². The minimum Gasteiger partial charge on any atom is -0.497 e. The van der Waals surface area contributed by atoms with Crippen LogP contribution in [0.2, 0.25) is 0 Å². The third-order valence-electron chi connectivity index (χ3n) is 6.52. The normalized spacial score (nSPS) is 18.2. The standard InChI is InChI=1S/C26H31N3O4/c1-28(26(31)19-7-4-5-8-19)17-25(30)29-24(18-11-13-21(32-2)14-12-18)16-23(27-29)20-9-6-10-22(15-20)33-3/h6,9-15,19,24H,4-5,7-8,16-17H2,1-3H3/t24-/m1/s1. The number of hydrogen-bond acceptors (Lipinski definition) is 5. The second kappa shape index (κ2) is 10.1. The lowest BCUT2D eigenvalue weighted by Crippen LogP contribution is -2.41. The highest BCUT2D eigenvalue weighted by molar-refractivity contribution is 6.03. The molecule has 1 saturated carbocycles.